The maximum atomic E-state index is 14.7. The number of benzene rings is 1. The van der Waals surface area contributed by atoms with E-state index in [1.807, 2.05) is 0 Å². The zero-order valence-corrected chi connectivity index (χ0v) is 21.7. The molecule has 0 saturated carbocycles. The van der Waals surface area contributed by atoms with Gasteiger partial charge in [-0.2, -0.15) is 4.39 Å². The number of fused-ring (bicyclic) bond motifs is 1. The van der Waals surface area contributed by atoms with Crippen molar-refractivity contribution >= 4 is 17.9 Å². The van der Waals surface area contributed by atoms with Crippen LogP contribution in [-0.4, -0.2) is 50.5 Å². The van der Waals surface area contributed by atoms with Gasteiger partial charge in [-0.05, 0) is 69.5 Å². The van der Waals surface area contributed by atoms with Crippen molar-refractivity contribution in [3.8, 4) is 11.1 Å². The number of alkyl carbamates (subject to hydrolysis) is 1. The van der Waals surface area contributed by atoms with Gasteiger partial charge in [0.1, 0.15) is 11.4 Å². The summed E-state index contributed by atoms with van der Waals surface area (Å²) in [5.74, 6) is -1.59. The Labute approximate surface area is 219 Å². The fourth-order valence-electron chi connectivity index (χ4n) is 4.59. The number of anilines is 1. The van der Waals surface area contributed by atoms with Crippen LogP contribution in [0, 0.1) is 18.7 Å². The Bertz CT molecular complexity index is 1380. The minimum atomic E-state index is -0.752. The van der Waals surface area contributed by atoms with Gasteiger partial charge >= 0.3 is 6.09 Å². The van der Waals surface area contributed by atoms with E-state index in [1.54, 1.807) is 44.7 Å². The lowest BCUT2D eigenvalue weighted by Gasteiger charge is -2.38. The predicted octanol–water partition coefficient (Wildman–Crippen LogP) is 4.36. The second-order valence-electron chi connectivity index (χ2n) is 10.1. The summed E-state index contributed by atoms with van der Waals surface area (Å²) < 4.78 is 34.4. The third-order valence-electron chi connectivity index (χ3n) is 6.09. The molecule has 1 atom stereocenters. The van der Waals surface area contributed by atoms with Gasteiger partial charge in [-0.1, -0.05) is 6.07 Å². The number of pyridine rings is 1. The number of nitrogen functional groups attached to an aromatic ring is 1. The highest BCUT2D eigenvalue weighted by molar-refractivity contribution is 5.98. The van der Waals surface area contributed by atoms with E-state index in [0.29, 0.717) is 28.9 Å². The summed E-state index contributed by atoms with van der Waals surface area (Å²) in [5, 5.41) is 2.69. The maximum absolute atomic E-state index is 14.7. The highest BCUT2D eigenvalue weighted by Crippen LogP contribution is 2.39. The van der Waals surface area contributed by atoms with Crippen LogP contribution in [0.15, 0.2) is 36.5 Å². The van der Waals surface area contributed by atoms with Crippen molar-refractivity contribution in [1.29, 1.82) is 0 Å². The molecule has 1 aliphatic heterocycles. The number of aromatic nitrogens is 3. The first-order valence-electron chi connectivity index (χ1n) is 12.3. The average molecular weight is 525 g/mol. The van der Waals surface area contributed by atoms with E-state index in [-0.39, 0.29) is 42.5 Å². The Hall–Kier alpha value is -4.15. The minimum absolute atomic E-state index is 0.0421. The van der Waals surface area contributed by atoms with Crippen LogP contribution in [0.1, 0.15) is 60.5 Å². The molecule has 3 heterocycles. The van der Waals surface area contributed by atoms with Crippen LogP contribution in [0.25, 0.3) is 11.1 Å². The molecule has 0 unspecified atom stereocenters. The maximum Gasteiger partial charge on any atom is 0.407 e. The Morgan fingerprint density at radius 1 is 1.21 bits per heavy atom. The minimum Gasteiger partial charge on any atom is -0.444 e. The van der Waals surface area contributed by atoms with Crippen molar-refractivity contribution in [2.24, 2.45) is 0 Å². The number of hydrogen-bond acceptors (Lipinski definition) is 7. The van der Waals surface area contributed by atoms with Crippen LogP contribution in [0.2, 0.25) is 0 Å². The molecule has 0 spiro atoms. The number of nitrogens with one attached hydrogen (secondary N) is 1. The summed E-state index contributed by atoms with van der Waals surface area (Å²) in [5.41, 5.74) is 7.44. The van der Waals surface area contributed by atoms with Gasteiger partial charge in [0.25, 0.3) is 5.91 Å². The lowest BCUT2D eigenvalue weighted by molar-refractivity contribution is 0.0523. The van der Waals surface area contributed by atoms with E-state index < -0.39 is 29.5 Å². The number of halogens is 2. The highest BCUT2D eigenvalue weighted by atomic mass is 19.1. The number of nitrogens with two attached hydrogens (primary N) is 1. The monoisotopic (exact) mass is 524 g/mol. The van der Waals surface area contributed by atoms with Gasteiger partial charge in [0.15, 0.2) is 0 Å². The molecule has 1 aliphatic rings. The third kappa shape index (κ3) is 5.87. The normalized spacial score (nSPS) is 15.3. The molecule has 0 bridgehead atoms. The summed E-state index contributed by atoms with van der Waals surface area (Å²) in [6.45, 7) is 7.49. The average Bonchev–Trinajstić information content (AvgIpc) is 2.81. The van der Waals surface area contributed by atoms with Gasteiger partial charge in [-0.25, -0.2) is 24.1 Å². The van der Waals surface area contributed by atoms with Gasteiger partial charge in [0.05, 0.1) is 23.0 Å². The lowest BCUT2D eigenvalue weighted by atomic mass is 9.87. The first kappa shape index (κ1) is 26.9. The summed E-state index contributed by atoms with van der Waals surface area (Å²) >= 11 is 0. The van der Waals surface area contributed by atoms with Gasteiger partial charge in [0.2, 0.25) is 11.9 Å². The molecule has 0 aliphatic carbocycles. The van der Waals surface area contributed by atoms with E-state index in [1.165, 1.54) is 24.4 Å². The highest BCUT2D eigenvalue weighted by Gasteiger charge is 2.37. The molecule has 0 saturated heterocycles. The van der Waals surface area contributed by atoms with E-state index >= 15 is 0 Å². The lowest BCUT2D eigenvalue weighted by Crippen LogP contribution is -2.43. The van der Waals surface area contributed by atoms with Crippen LogP contribution in [0.5, 0.6) is 0 Å². The quantitative estimate of drug-likeness (QED) is 0.363. The van der Waals surface area contributed by atoms with Crippen molar-refractivity contribution in [3.05, 3.63) is 70.8 Å². The van der Waals surface area contributed by atoms with Crippen LogP contribution < -0.4 is 11.1 Å². The molecule has 0 fully saturated rings. The molecule has 200 valence electrons. The molecule has 0 radical (unpaired) electrons. The number of ether oxygens (including phenoxy) is 1. The Balaban J connectivity index is 1.69. The van der Waals surface area contributed by atoms with Crippen LogP contribution in [0.3, 0.4) is 0 Å². The zero-order valence-electron chi connectivity index (χ0n) is 21.7. The summed E-state index contributed by atoms with van der Waals surface area (Å²) in [6.07, 6.45) is 1.42. The fraction of sp³-hybridized carbons (Fsp3) is 0.370. The van der Waals surface area contributed by atoms with Gasteiger partial charge in [-0.3, -0.25) is 4.79 Å². The van der Waals surface area contributed by atoms with E-state index in [4.69, 9.17) is 10.5 Å². The number of rotatable bonds is 6. The van der Waals surface area contributed by atoms with Crippen molar-refractivity contribution in [2.75, 3.05) is 18.8 Å². The molecule has 2 aromatic heterocycles. The second kappa shape index (κ2) is 10.7. The molecule has 3 N–H and O–H groups in total. The molecule has 9 nitrogen and oxygen atoms in total. The largest absolute Gasteiger partial charge is 0.444 e. The molecule has 11 heteroatoms. The molecule has 38 heavy (non-hydrogen) atoms. The Morgan fingerprint density at radius 2 is 1.97 bits per heavy atom. The number of carbonyl (C=O) groups is 2. The first-order chi connectivity index (χ1) is 17.9. The standard InChI is InChI=1S/C27H30F2N6O3/c1-15-22-20(34-25(30)33-15)14-21(35(24(22)36)12-6-11-32-26(37)38-27(2,3)4)17-9-8-16(28)13-19(17)18-7-5-10-31-23(18)29/h5,7-10,13,21H,6,11-12,14H2,1-4H3,(H,32,37)(H2,30,33,34)/t21-/m1/s1. The van der Waals surface area contributed by atoms with Crippen LogP contribution in [-0.2, 0) is 11.2 Å². The van der Waals surface area contributed by atoms with Crippen LogP contribution in [0.4, 0.5) is 19.5 Å². The first-order valence-corrected chi connectivity index (χ1v) is 12.3. The van der Waals surface area contributed by atoms with Crippen molar-refractivity contribution in [1.82, 2.24) is 25.2 Å². The van der Waals surface area contributed by atoms with Gasteiger partial charge < -0.3 is 20.7 Å². The Morgan fingerprint density at radius 3 is 2.68 bits per heavy atom. The molecular weight excluding hydrogens is 494 g/mol. The molecule has 4 rings (SSSR count). The molecule has 2 amide bonds. The van der Waals surface area contributed by atoms with Gasteiger partial charge in [0, 0.05) is 31.3 Å². The SMILES string of the molecule is Cc1nc(N)nc2c1C(=O)N(CCCNC(=O)OC(C)(C)C)[C@@H](c1ccc(F)cc1-c1cccnc1F)C2. The van der Waals surface area contributed by atoms with E-state index in [0.717, 1.165) is 0 Å². The zero-order chi connectivity index (χ0) is 27.6. The van der Waals surface area contributed by atoms with Crippen molar-refractivity contribution in [3.63, 3.8) is 0 Å². The summed E-state index contributed by atoms with van der Waals surface area (Å²) in [4.78, 5) is 39.6. The fourth-order valence-corrected chi connectivity index (χ4v) is 4.59. The third-order valence-corrected chi connectivity index (χ3v) is 6.09. The van der Waals surface area contributed by atoms with Crippen LogP contribution >= 0.6 is 0 Å². The molecule has 3 aromatic rings. The summed E-state index contributed by atoms with van der Waals surface area (Å²) in [6, 6.07) is 6.51. The van der Waals surface area contributed by atoms with Crippen molar-refractivity contribution in [2.45, 2.75) is 52.2 Å². The van der Waals surface area contributed by atoms with Crippen molar-refractivity contribution < 1.29 is 23.1 Å². The molecular formula is C27H30F2N6O3. The topological polar surface area (TPSA) is 123 Å². The number of carbonyl (C=O) groups excluding carboxylic acids is 2. The van der Waals surface area contributed by atoms with E-state index in [2.05, 4.69) is 20.3 Å². The number of nitrogens with zero attached hydrogens (tertiary/aromatic N) is 4. The second-order valence-corrected chi connectivity index (χ2v) is 10.1. The smallest absolute Gasteiger partial charge is 0.407 e. The molecule has 1 aromatic carbocycles. The Kier molecular flexibility index (Phi) is 7.56. The summed E-state index contributed by atoms with van der Waals surface area (Å²) in [7, 11) is 0. The number of aryl methyl sites for hydroxylation is 1. The number of hydrogen-bond donors (Lipinski definition) is 2. The predicted molar refractivity (Wildman–Crippen MR) is 137 cm³/mol. The van der Waals surface area contributed by atoms with E-state index in [9.17, 15) is 18.4 Å². The van der Waals surface area contributed by atoms with Gasteiger partial charge in [-0.15, -0.1) is 0 Å². The number of amides is 2.